The normalized spacial score (nSPS) is 10.6. The highest BCUT2D eigenvalue weighted by atomic mass is 35.5. The van der Waals surface area contributed by atoms with E-state index in [-0.39, 0.29) is 11.5 Å². The van der Waals surface area contributed by atoms with Crippen molar-refractivity contribution in [2.75, 3.05) is 11.9 Å². The molecule has 0 atom stereocenters. The molecular formula is C16H17Cl2N3O2. The second-order valence-electron chi connectivity index (χ2n) is 5.07. The lowest BCUT2D eigenvalue weighted by atomic mass is 10.0. The number of anilines is 1. The number of hydrogen-bond acceptors (Lipinski definition) is 4. The summed E-state index contributed by atoms with van der Waals surface area (Å²) >= 11 is 12.1. The average Bonchev–Trinajstić information content (AvgIpc) is 2.51. The highest BCUT2D eigenvalue weighted by Crippen LogP contribution is 2.38. The first-order chi connectivity index (χ1) is 11.0. The van der Waals surface area contributed by atoms with Gasteiger partial charge in [0, 0.05) is 23.3 Å². The molecule has 2 rings (SSSR count). The van der Waals surface area contributed by atoms with Gasteiger partial charge in [-0.3, -0.25) is 10.1 Å². The Morgan fingerprint density at radius 2 is 2.00 bits per heavy atom. The number of unbranched alkanes of at least 4 members (excludes halogenated alkanes) is 2. The zero-order chi connectivity index (χ0) is 16.8. The minimum absolute atomic E-state index is 0.0757. The van der Waals surface area contributed by atoms with Crippen molar-refractivity contribution in [3.63, 3.8) is 0 Å². The first kappa shape index (κ1) is 17.5. The largest absolute Gasteiger partial charge is 0.364 e. The van der Waals surface area contributed by atoms with Crippen molar-refractivity contribution in [2.24, 2.45) is 0 Å². The number of benzene rings is 1. The van der Waals surface area contributed by atoms with Crippen LogP contribution in [-0.4, -0.2) is 16.5 Å². The van der Waals surface area contributed by atoms with Crippen LogP contribution in [0.5, 0.6) is 0 Å². The van der Waals surface area contributed by atoms with Crippen molar-refractivity contribution >= 4 is 34.7 Å². The van der Waals surface area contributed by atoms with Crippen molar-refractivity contribution in [3.05, 3.63) is 50.6 Å². The summed E-state index contributed by atoms with van der Waals surface area (Å²) < 4.78 is 0. The van der Waals surface area contributed by atoms with Crippen LogP contribution in [0.2, 0.25) is 10.0 Å². The Bertz CT molecular complexity index is 708. The maximum absolute atomic E-state index is 11.5. The summed E-state index contributed by atoms with van der Waals surface area (Å²) in [5.74, 6) is 0.259. The Kier molecular flexibility index (Phi) is 6.19. The summed E-state index contributed by atoms with van der Waals surface area (Å²) in [6, 6.07) is 6.48. The van der Waals surface area contributed by atoms with E-state index in [0.717, 1.165) is 19.3 Å². The van der Waals surface area contributed by atoms with E-state index in [9.17, 15) is 10.1 Å². The van der Waals surface area contributed by atoms with Crippen molar-refractivity contribution in [1.82, 2.24) is 4.98 Å². The average molecular weight is 354 g/mol. The molecule has 0 saturated carbocycles. The lowest BCUT2D eigenvalue weighted by Gasteiger charge is -2.10. The molecule has 0 radical (unpaired) electrons. The standard InChI is InChI=1S/C16H17Cl2N3O2/c1-2-3-4-8-19-16-15(21(22)23)13(7-9-20-16)12-6-5-11(17)10-14(12)18/h5-7,9-10H,2-4,8H2,1H3,(H,19,20). The molecular weight excluding hydrogens is 337 g/mol. The van der Waals surface area contributed by atoms with Crippen LogP contribution in [0.15, 0.2) is 30.5 Å². The molecule has 23 heavy (non-hydrogen) atoms. The van der Waals surface area contributed by atoms with E-state index in [0.29, 0.717) is 27.7 Å². The van der Waals surface area contributed by atoms with Gasteiger partial charge in [-0.25, -0.2) is 4.98 Å². The van der Waals surface area contributed by atoms with Crippen LogP contribution >= 0.6 is 23.2 Å². The molecule has 1 heterocycles. The highest BCUT2D eigenvalue weighted by molar-refractivity contribution is 6.36. The Morgan fingerprint density at radius 1 is 1.22 bits per heavy atom. The van der Waals surface area contributed by atoms with E-state index >= 15 is 0 Å². The van der Waals surface area contributed by atoms with Crippen molar-refractivity contribution in [3.8, 4) is 11.1 Å². The topological polar surface area (TPSA) is 68.1 Å². The van der Waals surface area contributed by atoms with E-state index in [1.54, 1.807) is 24.3 Å². The fourth-order valence-electron chi connectivity index (χ4n) is 2.28. The van der Waals surface area contributed by atoms with Gasteiger partial charge in [0.15, 0.2) is 0 Å². The summed E-state index contributed by atoms with van der Waals surface area (Å²) in [5, 5.41) is 15.4. The van der Waals surface area contributed by atoms with Crippen molar-refractivity contribution in [1.29, 1.82) is 0 Å². The fourth-order valence-corrected chi connectivity index (χ4v) is 2.79. The molecule has 0 bridgehead atoms. The first-order valence-corrected chi connectivity index (χ1v) is 8.13. The molecule has 1 aromatic carbocycles. The minimum Gasteiger partial charge on any atom is -0.364 e. The molecule has 0 unspecified atom stereocenters. The van der Waals surface area contributed by atoms with E-state index in [2.05, 4.69) is 17.2 Å². The summed E-state index contributed by atoms with van der Waals surface area (Å²) in [7, 11) is 0. The third kappa shape index (κ3) is 4.33. The van der Waals surface area contributed by atoms with Gasteiger partial charge >= 0.3 is 5.69 Å². The SMILES string of the molecule is CCCCCNc1nccc(-c2ccc(Cl)cc2Cl)c1[N+](=O)[O-]. The van der Waals surface area contributed by atoms with Gasteiger partial charge in [0.05, 0.1) is 15.5 Å². The Hall–Kier alpha value is -1.85. The molecule has 2 aromatic rings. The zero-order valence-electron chi connectivity index (χ0n) is 12.7. The van der Waals surface area contributed by atoms with Crippen molar-refractivity contribution in [2.45, 2.75) is 26.2 Å². The predicted molar refractivity (Wildman–Crippen MR) is 94.4 cm³/mol. The number of aromatic nitrogens is 1. The van der Waals surface area contributed by atoms with E-state index < -0.39 is 4.92 Å². The van der Waals surface area contributed by atoms with Crippen LogP contribution in [0.4, 0.5) is 11.5 Å². The molecule has 1 N–H and O–H groups in total. The molecule has 1 aromatic heterocycles. The monoisotopic (exact) mass is 353 g/mol. The predicted octanol–water partition coefficient (Wildman–Crippen LogP) is 5.57. The lowest BCUT2D eigenvalue weighted by molar-refractivity contribution is -0.383. The van der Waals surface area contributed by atoms with Crippen LogP contribution in [0.3, 0.4) is 0 Å². The van der Waals surface area contributed by atoms with Crippen LogP contribution < -0.4 is 5.32 Å². The summed E-state index contributed by atoms with van der Waals surface area (Å²) in [6.07, 6.45) is 4.61. The third-order valence-electron chi connectivity index (χ3n) is 3.40. The zero-order valence-corrected chi connectivity index (χ0v) is 14.2. The number of nitrogens with zero attached hydrogens (tertiary/aromatic N) is 2. The number of hydrogen-bond donors (Lipinski definition) is 1. The summed E-state index contributed by atoms with van der Waals surface area (Å²) in [5.41, 5.74) is 0.902. The molecule has 122 valence electrons. The lowest BCUT2D eigenvalue weighted by Crippen LogP contribution is -2.07. The maximum Gasteiger partial charge on any atom is 0.319 e. The summed E-state index contributed by atoms with van der Waals surface area (Å²) in [4.78, 5) is 15.2. The highest BCUT2D eigenvalue weighted by Gasteiger charge is 2.23. The summed E-state index contributed by atoms with van der Waals surface area (Å²) in [6.45, 7) is 2.74. The molecule has 0 fully saturated rings. The van der Waals surface area contributed by atoms with Gasteiger partial charge in [0.1, 0.15) is 0 Å². The van der Waals surface area contributed by atoms with Gasteiger partial charge < -0.3 is 5.32 Å². The van der Waals surface area contributed by atoms with Gasteiger partial charge in [-0.1, -0.05) is 49.0 Å². The Morgan fingerprint density at radius 3 is 2.65 bits per heavy atom. The fraction of sp³-hybridized carbons (Fsp3) is 0.312. The molecule has 0 spiro atoms. The van der Waals surface area contributed by atoms with Gasteiger partial charge in [0.25, 0.3) is 0 Å². The van der Waals surface area contributed by atoms with Crippen LogP contribution in [0.25, 0.3) is 11.1 Å². The second-order valence-corrected chi connectivity index (χ2v) is 5.91. The quantitative estimate of drug-likeness (QED) is 0.401. The van der Waals surface area contributed by atoms with Crippen LogP contribution in [0.1, 0.15) is 26.2 Å². The Labute approximate surface area is 144 Å². The molecule has 0 aliphatic heterocycles. The maximum atomic E-state index is 11.5. The molecule has 0 saturated heterocycles. The van der Waals surface area contributed by atoms with E-state index in [1.165, 1.54) is 6.20 Å². The van der Waals surface area contributed by atoms with Gasteiger partial charge in [-0.15, -0.1) is 0 Å². The minimum atomic E-state index is -0.435. The molecule has 0 aliphatic carbocycles. The van der Waals surface area contributed by atoms with Gasteiger partial charge in [-0.2, -0.15) is 0 Å². The number of halogens is 2. The van der Waals surface area contributed by atoms with Crippen molar-refractivity contribution < 1.29 is 4.92 Å². The van der Waals surface area contributed by atoms with Crippen LogP contribution in [-0.2, 0) is 0 Å². The van der Waals surface area contributed by atoms with Gasteiger partial charge in [-0.05, 0) is 24.6 Å². The second kappa shape index (κ2) is 8.13. The molecule has 5 nitrogen and oxygen atoms in total. The number of nitrogens with one attached hydrogen (secondary N) is 1. The van der Waals surface area contributed by atoms with Crippen LogP contribution in [0, 0.1) is 10.1 Å². The number of rotatable bonds is 7. The number of nitro groups is 1. The number of pyridine rings is 1. The third-order valence-corrected chi connectivity index (χ3v) is 3.95. The Balaban J connectivity index is 2.41. The first-order valence-electron chi connectivity index (χ1n) is 7.37. The smallest absolute Gasteiger partial charge is 0.319 e. The van der Waals surface area contributed by atoms with E-state index in [4.69, 9.17) is 23.2 Å². The van der Waals surface area contributed by atoms with Gasteiger partial charge in [0.2, 0.25) is 5.82 Å². The molecule has 7 heteroatoms. The van der Waals surface area contributed by atoms with E-state index in [1.807, 2.05) is 0 Å². The molecule has 0 amide bonds. The molecule has 0 aliphatic rings.